The van der Waals surface area contributed by atoms with Crippen molar-refractivity contribution in [3.05, 3.63) is 64.5 Å². The smallest absolute Gasteiger partial charge is 0.163 e. The van der Waals surface area contributed by atoms with Crippen LogP contribution in [-0.4, -0.2) is 33.8 Å². The van der Waals surface area contributed by atoms with Gasteiger partial charge in [0.1, 0.15) is 11.6 Å². The molecule has 0 spiro atoms. The van der Waals surface area contributed by atoms with E-state index in [0.717, 1.165) is 18.2 Å². The SMILES string of the molecule is O=C(CCC[C@H](O)CO)c1ccc(F)c(F)c1Cc1ccc(O)cc1F. The molecule has 0 fully saturated rings. The van der Waals surface area contributed by atoms with Crippen LogP contribution in [0.3, 0.4) is 0 Å². The standard InChI is InChI=1S/C19H19F3O4/c20-16-7-6-14(18(26)3-1-2-13(25)10-23)15(19(16)22)8-11-4-5-12(24)9-17(11)21/h4-7,9,13,23-25H,1-3,8,10H2/t13-/m0/s1. The maximum absolute atomic E-state index is 14.3. The third kappa shape index (κ3) is 4.83. The quantitative estimate of drug-likeness (QED) is 0.626. The van der Waals surface area contributed by atoms with E-state index in [4.69, 9.17) is 5.11 Å². The van der Waals surface area contributed by atoms with Crippen molar-refractivity contribution in [1.29, 1.82) is 0 Å². The average Bonchev–Trinajstić information content (AvgIpc) is 2.60. The second-order valence-electron chi connectivity index (χ2n) is 5.99. The summed E-state index contributed by atoms with van der Waals surface area (Å²) in [6.45, 7) is -0.426. The third-order valence-corrected chi connectivity index (χ3v) is 4.05. The van der Waals surface area contributed by atoms with Crippen LogP contribution in [0.4, 0.5) is 13.2 Å². The second-order valence-corrected chi connectivity index (χ2v) is 5.99. The van der Waals surface area contributed by atoms with E-state index in [1.54, 1.807) is 0 Å². The second kappa shape index (κ2) is 8.82. The Morgan fingerprint density at radius 2 is 1.81 bits per heavy atom. The fraction of sp³-hybridized carbons (Fsp3) is 0.316. The summed E-state index contributed by atoms with van der Waals surface area (Å²) in [5.41, 5.74) is -0.311. The summed E-state index contributed by atoms with van der Waals surface area (Å²) in [6.07, 6.45) is -0.887. The molecule has 0 unspecified atom stereocenters. The molecule has 2 aromatic rings. The molecule has 2 rings (SSSR count). The van der Waals surface area contributed by atoms with Gasteiger partial charge in [0, 0.05) is 30.0 Å². The van der Waals surface area contributed by atoms with E-state index < -0.39 is 35.9 Å². The topological polar surface area (TPSA) is 77.8 Å². The summed E-state index contributed by atoms with van der Waals surface area (Å²) in [5, 5.41) is 27.3. The van der Waals surface area contributed by atoms with Gasteiger partial charge in [-0.3, -0.25) is 4.79 Å². The molecule has 0 aromatic heterocycles. The molecule has 0 heterocycles. The molecular formula is C19H19F3O4. The Morgan fingerprint density at radius 3 is 2.46 bits per heavy atom. The molecule has 0 aliphatic carbocycles. The summed E-state index contributed by atoms with van der Waals surface area (Å²) < 4.78 is 41.8. The van der Waals surface area contributed by atoms with Crippen LogP contribution in [0.2, 0.25) is 0 Å². The summed E-state index contributed by atoms with van der Waals surface area (Å²) in [6, 6.07) is 5.29. The van der Waals surface area contributed by atoms with Gasteiger partial charge in [-0.25, -0.2) is 13.2 Å². The van der Waals surface area contributed by atoms with E-state index in [1.807, 2.05) is 0 Å². The van der Waals surface area contributed by atoms with Crippen LogP contribution in [0.25, 0.3) is 0 Å². The number of aliphatic hydroxyl groups is 2. The van der Waals surface area contributed by atoms with Crippen molar-refractivity contribution >= 4 is 5.78 Å². The number of aromatic hydroxyl groups is 1. The van der Waals surface area contributed by atoms with E-state index in [9.17, 15) is 28.2 Å². The number of phenolic OH excluding ortho intramolecular Hbond substituents is 1. The van der Waals surface area contributed by atoms with E-state index in [2.05, 4.69) is 0 Å². The first-order chi connectivity index (χ1) is 12.3. The van der Waals surface area contributed by atoms with Gasteiger partial charge in [-0.15, -0.1) is 0 Å². The van der Waals surface area contributed by atoms with Crippen LogP contribution in [-0.2, 0) is 6.42 Å². The summed E-state index contributed by atoms with van der Waals surface area (Å²) in [7, 11) is 0. The molecule has 0 amide bonds. The van der Waals surface area contributed by atoms with Crippen molar-refractivity contribution in [2.45, 2.75) is 31.8 Å². The number of aliphatic hydroxyl groups excluding tert-OH is 2. The number of Topliss-reactive ketones (excluding diaryl/α,β-unsaturated/α-hetero) is 1. The summed E-state index contributed by atoms with van der Waals surface area (Å²) >= 11 is 0. The Kier molecular flexibility index (Phi) is 6.76. The lowest BCUT2D eigenvalue weighted by Gasteiger charge is -2.12. The first kappa shape index (κ1) is 19.9. The summed E-state index contributed by atoms with van der Waals surface area (Å²) in [4.78, 5) is 12.4. The molecule has 26 heavy (non-hydrogen) atoms. The summed E-state index contributed by atoms with van der Waals surface area (Å²) in [5.74, 6) is -3.93. The van der Waals surface area contributed by atoms with Crippen LogP contribution in [0, 0.1) is 17.5 Å². The van der Waals surface area contributed by atoms with Gasteiger partial charge in [0.25, 0.3) is 0 Å². The number of halogens is 3. The lowest BCUT2D eigenvalue weighted by molar-refractivity contribution is 0.0828. The first-order valence-corrected chi connectivity index (χ1v) is 8.09. The number of phenols is 1. The van der Waals surface area contributed by atoms with Gasteiger partial charge in [-0.1, -0.05) is 6.07 Å². The van der Waals surface area contributed by atoms with Gasteiger partial charge >= 0.3 is 0 Å². The molecule has 7 heteroatoms. The molecule has 0 saturated heterocycles. The molecule has 1 atom stereocenters. The average molecular weight is 368 g/mol. The highest BCUT2D eigenvalue weighted by molar-refractivity contribution is 5.97. The lowest BCUT2D eigenvalue weighted by Crippen LogP contribution is -2.13. The molecule has 0 saturated carbocycles. The van der Waals surface area contributed by atoms with E-state index in [0.29, 0.717) is 0 Å². The predicted octanol–water partition coefficient (Wildman–Crippen LogP) is 3.11. The molecule has 140 valence electrons. The van der Waals surface area contributed by atoms with Crippen LogP contribution in [0.15, 0.2) is 30.3 Å². The van der Waals surface area contributed by atoms with Crippen molar-refractivity contribution < 1.29 is 33.3 Å². The largest absolute Gasteiger partial charge is 0.508 e. The van der Waals surface area contributed by atoms with Gasteiger partial charge in [0.15, 0.2) is 17.4 Å². The normalized spacial score (nSPS) is 12.2. The minimum absolute atomic E-state index is 0.0112. The number of rotatable bonds is 8. The van der Waals surface area contributed by atoms with Crippen molar-refractivity contribution in [2.24, 2.45) is 0 Å². The Balaban J connectivity index is 2.27. The van der Waals surface area contributed by atoms with E-state index in [-0.39, 0.29) is 48.1 Å². The lowest BCUT2D eigenvalue weighted by atomic mass is 9.94. The highest BCUT2D eigenvalue weighted by atomic mass is 19.2. The van der Waals surface area contributed by atoms with Crippen molar-refractivity contribution in [3.8, 4) is 5.75 Å². The monoisotopic (exact) mass is 368 g/mol. The van der Waals surface area contributed by atoms with Crippen molar-refractivity contribution in [1.82, 2.24) is 0 Å². The van der Waals surface area contributed by atoms with Gasteiger partial charge < -0.3 is 15.3 Å². The highest BCUT2D eigenvalue weighted by Gasteiger charge is 2.20. The molecule has 0 aliphatic heterocycles. The number of carbonyl (C=O) groups is 1. The predicted molar refractivity (Wildman–Crippen MR) is 88.5 cm³/mol. The number of carbonyl (C=O) groups excluding carboxylic acids is 1. The number of benzene rings is 2. The van der Waals surface area contributed by atoms with Crippen LogP contribution >= 0.6 is 0 Å². The van der Waals surface area contributed by atoms with Gasteiger partial charge in [-0.05, 0) is 36.6 Å². The number of hydrogen-bond donors (Lipinski definition) is 3. The molecular weight excluding hydrogens is 349 g/mol. The Labute approximate surface area is 148 Å². The maximum Gasteiger partial charge on any atom is 0.163 e. The van der Waals surface area contributed by atoms with Crippen molar-refractivity contribution in [2.75, 3.05) is 6.61 Å². The van der Waals surface area contributed by atoms with Crippen LogP contribution in [0.1, 0.15) is 40.7 Å². The zero-order valence-corrected chi connectivity index (χ0v) is 13.9. The van der Waals surface area contributed by atoms with Gasteiger partial charge in [0.05, 0.1) is 12.7 Å². The minimum Gasteiger partial charge on any atom is -0.508 e. The molecule has 0 aliphatic rings. The fourth-order valence-electron chi connectivity index (χ4n) is 2.62. The third-order valence-electron chi connectivity index (χ3n) is 4.05. The molecule has 4 nitrogen and oxygen atoms in total. The van der Waals surface area contributed by atoms with Crippen LogP contribution in [0.5, 0.6) is 5.75 Å². The van der Waals surface area contributed by atoms with Gasteiger partial charge in [0.2, 0.25) is 0 Å². The Hall–Kier alpha value is -2.38. The Bertz CT molecular complexity index is 793. The zero-order valence-electron chi connectivity index (χ0n) is 13.9. The number of hydrogen-bond acceptors (Lipinski definition) is 4. The Morgan fingerprint density at radius 1 is 1.08 bits per heavy atom. The first-order valence-electron chi connectivity index (χ1n) is 8.09. The van der Waals surface area contributed by atoms with Crippen molar-refractivity contribution in [3.63, 3.8) is 0 Å². The van der Waals surface area contributed by atoms with Crippen LogP contribution < -0.4 is 0 Å². The highest BCUT2D eigenvalue weighted by Crippen LogP contribution is 2.25. The zero-order chi connectivity index (χ0) is 19.3. The minimum atomic E-state index is -1.22. The molecule has 2 aromatic carbocycles. The van der Waals surface area contributed by atoms with E-state index >= 15 is 0 Å². The number of ketones is 1. The molecule has 0 radical (unpaired) electrons. The fourth-order valence-corrected chi connectivity index (χ4v) is 2.62. The maximum atomic E-state index is 14.3. The molecule has 3 N–H and O–H groups in total. The van der Waals surface area contributed by atoms with E-state index in [1.165, 1.54) is 12.1 Å². The van der Waals surface area contributed by atoms with Gasteiger partial charge in [-0.2, -0.15) is 0 Å². The molecule has 0 bridgehead atoms.